The lowest BCUT2D eigenvalue weighted by Gasteiger charge is -2.19. The first-order chi connectivity index (χ1) is 5.13. The molecule has 0 aliphatic carbocycles. The second-order valence-electron chi connectivity index (χ2n) is 2.54. The Balaban J connectivity index is 2.65. The van der Waals surface area contributed by atoms with Crippen LogP contribution in [0.1, 0.15) is 12.8 Å². The van der Waals surface area contributed by atoms with Gasteiger partial charge >= 0.3 is 6.09 Å². The maximum absolute atomic E-state index is 10.5. The van der Waals surface area contributed by atoms with Crippen molar-refractivity contribution in [1.29, 1.82) is 0 Å². The maximum atomic E-state index is 10.5. The second-order valence-corrected chi connectivity index (χ2v) is 3.01. The number of carboxylic acid groups (broad SMARTS) is 1. The van der Waals surface area contributed by atoms with Crippen LogP contribution in [-0.2, 0) is 0 Å². The number of thiocarbonyl (C=S) groups is 1. The highest BCUT2D eigenvalue weighted by atomic mass is 32.1. The molecular weight excluding hydrogens is 164 g/mol. The van der Waals surface area contributed by atoms with Crippen LogP contribution in [0.3, 0.4) is 0 Å². The van der Waals surface area contributed by atoms with E-state index < -0.39 is 6.09 Å². The lowest BCUT2D eigenvalue weighted by Crippen LogP contribution is -2.42. The van der Waals surface area contributed by atoms with E-state index in [0.29, 0.717) is 6.54 Å². The second kappa shape index (κ2) is 3.04. The van der Waals surface area contributed by atoms with Crippen LogP contribution in [0.15, 0.2) is 0 Å². The number of amides is 1. The van der Waals surface area contributed by atoms with E-state index >= 15 is 0 Å². The standard InChI is InChI=1S/C6H10N2O2S/c7-5(11)4-2-1-3-8(4)6(9)10/h4H,1-3H2,(H2,7,11)(H,9,10)/t4-/m1/s1. The number of nitrogens with two attached hydrogens (primary N) is 1. The summed E-state index contributed by atoms with van der Waals surface area (Å²) in [5.41, 5.74) is 5.35. The molecule has 1 fully saturated rings. The highest BCUT2D eigenvalue weighted by Gasteiger charge is 2.29. The molecule has 4 nitrogen and oxygen atoms in total. The predicted octanol–water partition coefficient (Wildman–Crippen LogP) is 0.415. The van der Waals surface area contributed by atoms with Crippen LogP contribution < -0.4 is 5.73 Å². The summed E-state index contributed by atoms with van der Waals surface area (Å²) in [6, 6.07) is -0.234. The van der Waals surface area contributed by atoms with Gasteiger partial charge in [-0.15, -0.1) is 0 Å². The summed E-state index contributed by atoms with van der Waals surface area (Å²) in [5.74, 6) is 0. The molecule has 0 aromatic rings. The van der Waals surface area contributed by atoms with Crippen LogP contribution in [-0.4, -0.2) is 33.7 Å². The normalized spacial score (nSPS) is 23.6. The first-order valence-corrected chi connectivity index (χ1v) is 3.82. The van der Waals surface area contributed by atoms with Gasteiger partial charge in [0.05, 0.1) is 11.0 Å². The summed E-state index contributed by atoms with van der Waals surface area (Å²) in [5, 5.41) is 8.64. The van der Waals surface area contributed by atoms with Crippen LogP contribution >= 0.6 is 12.2 Å². The van der Waals surface area contributed by atoms with E-state index in [4.69, 9.17) is 23.1 Å². The van der Waals surface area contributed by atoms with Crippen molar-refractivity contribution < 1.29 is 9.90 Å². The third-order valence-corrected chi connectivity index (χ3v) is 2.10. The summed E-state index contributed by atoms with van der Waals surface area (Å²) in [7, 11) is 0. The summed E-state index contributed by atoms with van der Waals surface area (Å²) >= 11 is 4.72. The molecule has 0 aromatic carbocycles. The van der Waals surface area contributed by atoms with Gasteiger partial charge in [0.25, 0.3) is 0 Å². The fourth-order valence-electron chi connectivity index (χ4n) is 1.29. The zero-order chi connectivity index (χ0) is 8.43. The van der Waals surface area contributed by atoms with Crippen molar-refractivity contribution in [2.45, 2.75) is 18.9 Å². The molecule has 3 N–H and O–H groups in total. The van der Waals surface area contributed by atoms with Gasteiger partial charge in [-0.2, -0.15) is 0 Å². The van der Waals surface area contributed by atoms with Crippen molar-refractivity contribution in [1.82, 2.24) is 4.90 Å². The number of likely N-dealkylation sites (tertiary alicyclic amines) is 1. The lowest BCUT2D eigenvalue weighted by molar-refractivity contribution is 0.150. The molecule has 0 aromatic heterocycles. The van der Waals surface area contributed by atoms with Gasteiger partial charge in [0.2, 0.25) is 0 Å². The molecule has 11 heavy (non-hydrogen) atoms. The molecular formula is C6H10N2O2S. The molecule has 1 heterocycles. The van der Waals surface area contributed by atoms with E-state index in [0.717, 1.165) is 12.8 Å². The Morgan fingerprint density at radius 1 is 1.73 bits per heavy atom. The molecule has 1 amide bonds. The maximum Gasteiger partial charge on any atom is 0.407 e. The molecule has 62 valence electrons. The topological polar surface area (TPSA) is 66.6 Å². The van der Waals surface area contributed by atoms with Crippen LogP contribution in [0.5, 0.6) is 0 Å². The van der Waals surface area contributed by atoms with Gasteiger partial charge in [-0.1, -0.05) is 12.2 Å². The van der Waals surface area contributed by atoms with Crippen molar-refractivity contribution in [3.05, 3.63) is 0 Å². The average Bonchev–Trinajstić information content (AvgIpc) is 2.32. The lowest BCUT2D eigenvalue weighted by atomic mass is 10.2. The molecule has 1 atom stereocenters. The van der Waals surface area contributed by atoms with Gasteiger partial charge in [-0.25, -0.2) is 4.79 Å². The minimum absolute atomic E-state index is 0.234. The fourth-order valence-corrected chi connectivity index (χ4v) is 1.54. The molecule has 1 aliphatic rings. The van der Waals surface area contributed by atoms with Crippen LogP contribution in [0.4, 0.5) is 4.79 Å². The fraction of sp³-hybridized carbons (Fsp3) is 0.667. The smallest absolute Gasteiger partial charge is 0.407 e. The number of rotatable bonds is 1. The van der Waals surface area contributed by atoms with Gasteiger partial charge in [0.15, 0.2) is 0 Å². The Hall–Kier alpha value is -0.840. The predicted molar refractivity (Wildman–Crippen MR) is 44.5 cm³/mol. The summed E-state index contributed by atoms with van der Waals surface area (Å²) in [4.78, 5) is 12.1. The van der Waals surface area contributed by atoms with Crippen molar-refractivity contribution >= 4 is 23.3 Å². The average molecular weight is 174 g/mol. The monoisotopic (exact) mass is 174 g/mol. The van der Waals surface area contributed by atoms with E-state index in [1.165, 1.54) is 4.90 Å². The third-order valence-electron chi connectivity index (χ3n) is 1.83. The van der Waals surface area contributed by atoms with Crippen molar-refractivity contribution in [2.75, 3.05) is 6.54 Å². The molecule has 0 spiro atoms. The Morgan fingerprint density at radius 3 is 2.73 bits per heavy atom. The Bertz CT molecular complexity index is 175. The first-order valence-electron chi connectivity index (χ1n) is 3.42. The Morgan fingerprint density at radius 2 is 2.36 bits per heavy atom. The quantitative estimate of drug-likeness (QED) is 0.565. The molecule has 5 heteroatoms. The minimum atomic E-state index is -0.930. The third kappa shape index (κ3) is 1.59. The number of nitrogens with zero attached hydrogens (tertiary/aromatic N) is 1. The molecule has 0 saturated carbocycles. The number of hydrogen-bond donors (Lipinski definition) is 2. The van der Waals surface area contributed by atoms with Crippen molar-refractivity contribution in [3.8, 4) is 0 Å². The SMILES string of the molecule is NC(=S)[C@H]1CCCN1C(=O)O. The molecule has 0 radical (unpaired) electrons. The summed E-state index contributed by atoms with van der Waals surface area (Å²) in [6.07, 6.45) is 0.691. The van der Waals surface area contributed by atoms with Gasteiger partial charge in [-0.05, 0) is 12.8 Å². The van der Waals surface area contributed by atoms with E-state index in [9.17, 15) is 4.79 Å². The largest absolute Gasteiger partial charge is 0.465 e. The van der Waals surface area contributed by atoms with E-state index in [1.807, 2.05) is 0 Å². The molecule has 0 bridgehead atoms. The van der Waals surface area contributed by atoms with Crippen molar-refractivity contribution in [3.63, 3.8) is 0 Å². The molecule has 1 aliphatic heterocycles. The van der Waals surface area contributed by atoms with Crippen molar-refractivity contribution in [2.24, 2.45) is 5.73 Å². The van der Waals surface area contributed by atoms with Gasteiger partial charge in [0.1, 0.15) is 0 Å². The van der Waals surface area contributed by atoms with Gasteiger partial charge in [-0.3, -0.25) is 4.90 Å². The molecule has 1 rings (SSSR count). The molecule has 1 saturated heterocycles. The zero-order valence-electron chi connectivity index (χ0n) is 5.99. The van der Waals surface area contributed by atoms with Crippen LogP contribution in [0, 0.1) is 0 Å². The highest BCUT2D eigenvalue weighted by molar-refractivity contribution is 7.80. The zero-order valence-corrected chi connectivity index (χ0v) is 6.80. The van der Waals surface area contributed by atoms with E-state index in [1.54, 1.807) is 0 Å². The molecule has 0 unspecified atom stereocenters. The Labute approximate surface area is 70.0 Å². The Kier molecular flexibility index (Phi) is 2.28. The van der Waals surface area contributed by atoms with E-state index in [2.05, 4.69) is 0 Å². The summed E-state index contributed by atoms with van der Waals surface area (Å²) in [6.45, 7) is 0.553. The summed E-state index contributed by atoms with van der Waals surface area (Å²) < 4.78 is 0. The van der Waals surface area contributed by atoms with E-state index in [-0.39, 0.29) is 11.0 Å². The number of carbonyl (C=O) groups is 1. The highest BCUT2D eigenvalue weighted by Crippen LogP contribution is 2.16. The van der Waals surface area contributed by atoms with Gasteiger partial charge in [0, 0.05) is 6.54 Å². The first kappa shape index (κ1) is 8.26. The van der Waals surface area contributed by atoms with Crippen LogP contribution in [0.25, 0.3) is 0 Å². The number of hydrogen-bond acceptors (Lipinski definition) is 2. The van der Waals surface area contributed by atoms with Crippen LogP contribution in [0.2, 0.25) is 0 Å². The minimum Gasteiger partial charge on any atom is -0.465 e. The van der Waals surface area contributed by atoms with Gasteiger partial charge < -0.3 is 10.8 Å².